The van der Waals surface area contributed by atoms with Crippen molar-refractivity contribution in [3.63, 3.8) is 0 Å². The largest absolute Gasteiger partial charge is 0.438 e. The number of thioether (sulfide) groups is 1. The molecule has 1 amide bonds. The number of para-hydroxylation sites is 1. The van der Waals surface area contributed by atoms with Crippen LogP contribution in [0.25, 0.3) is 11.7 Å². The molecule has 0 spiro atoms. The van der Waals surface area contributed by atoms with E-state index >= 15 is 0 Å². The molecule has 0 saturated carbocycles. The third-order valence-electron chi connectivity index (χ3n) is 5.97. The molecule has 6 nitrogen and oxygen atoms in total. The van der Waals surface area contributed by atoms with Crippen LogP contribution in [0.4, 0.5) is 0 Å². The smallest absolute Gasteiger partial charge is 0.269 e. The van der Waals surface area contributed by atoms with Gasteiger partial charge in [0.05, 0.1) is 4.91 Å². The minimum atomic E-state index is -0.318. The van der Waals surface area contributed by atoms with Crippen molar-refractivity contribution < 1.29 is 9.53 Å². The van der Waals surface area contributed by atoms with Crippen LogP contribution in [0.15, 0.2) is 82.6 Å². The number of ether oxygens (including phenoxy) is 1. The fraction of sp³-hybridized carbons (Fsp3) is 0.143. The summed E-state index contributed by atoms with van der Waals surface area (Å²) in [6.07, 6.45) is 3.90. The zero-order chi connectivity index (χ0) is 25.2. The molecule has 36 heavy (non-hydrogen) atoms. The predicted molar refractivity (Wildman–Crippen MR) is 147 cm³/mol. The van der Waals surface area contributed by atoms with Crippen molar-refractivity contribution in [1.29, 1.82) is 0 Å². The Morgan fingerprint density at radius 2 is 1.69 bits per heavy atom. The maximum absolute atomic E-state index is 13.6. The number of aryl methyl sites for hydroxylation is 2. The number of rotatable bonds is 6. The molecule has 1 aliphatic rings. The van der Waals surface area contributed by atoms with Crippen molar-refractivity contribution in [3.8, 4) is 11.6 Å². The second-order valence-electron chi connectivity index (χ2n) is 8.46. The van der Waals surface area contributed by atoms with Crippen LogP contribution in [0.2, 0.25) is 0 Å². The van der Waals surface area contributed by atoms with Gasteiger partial charge in [-0.25, -0.2) is 0 Å². The lowest BCUT2D eigenvalue weighted by Crippen LogP contribution is -2.30. The molecule has 1 aliphatic heterocycles. The average Bonchev–Trinajstić information content (AvgIpc) is 3.14. The number of amides is 1. The van der Waals surface area contributed by atoms with Gasteiger partial charge in [0, 0.05) is 12.7 Å². The fourth-order valence-electron chi connectivity index (χ4n) is 3.98. The molecule has 4 aromatic rings. The van der Waals surface area contributed by atoms with Gasteiger partial charge in [-0.3, -0.25) is 18.9 Å². The van der Waals surface area contributed by atoms with Gasteiger partial charge < -0.3 is 4.74 Å². The number of nitrogens with zero attached hydrogens (tertiary/aromatic N) is 3. The highest BCUT2D eigenvalue weighted by Crippen LogP contribution is 2.34. The van der Waals surface area contributed by atoms with Crippen LogP contribution in [0, 0.1) is 13.8 Å². The van der Waals surface area contributed by atoms with Crippen molar-refractivity contribution >= 4 is 45.9 Å². The molecule has 0 radical (unpaired) electrons. The van der Waals surface area contributed by atoms with E-state index in [9.17, 15) is 9.59 Å². The van der Waals surface area contributed by atoms with Gasteiger partial charge in [0.25, 0.3) is 11.5 Å². The van der Waals surface area contributed by atoms with Crippen LogP contribution < -0.4 is 10.3 Å². The maximum atomic E-state index is 13.6. The van der Waals surface area contributed by atoms with Crippen molar-refractivity contribution in [1.82, 2.24) is 14.3 Å². The van der Waals surface area contributed by atoms with Gasteiger partial charge in [0.1, 0.15) is 21.3 Å². The molecular formula is C28H23N3O3S2. The number of hydrogen-bond donors (Lipinski definition) is 0. The van der Waals surface area contributed by atoms with Crippen LogP contribution in [0.3, 0.4) is 0 Å². The Balaban J connectivity index is 1.54. The number of benzene rings is 2. The number of aromatic nitrogens is 2. The second kappa shape index (κ2) is 10.1. The van der Waals surface area contributed by atoms with Crippen molar-refractivity contribution in [3.05, 3.63) is 110 Å². The standard InChI is InChI=1S/C28H23N3O3S2/c1-18-9-6-7-13-22(18)34-25-21(26(32)30-15-8-10-19(2)24(30)29-25)17-23-27(33)31(28(35)36-23)16-14-20-11-4-3-5-12-20/h3-13,15,17H,14,16H2,1-2H3/b23-17+. The van der Waals surface area contributed by atoms with Gasteiger partial charge >= 0.3 is 0 Å². The van der Waals surface area contributed by atoms with Gasteiger partial charge in [-0.2, -0.15) is 4.98 Å². The third-order valence-corrected chi connectivity index (χ3v) is 7.34. The van der Waals surface area contributed by atoms with Crippen LogP contribution in [-0.2, 0) is 11.2 Å². The van der Waals surface area contributed by atoms with Crippen molar-refractivity contribution in [2.75, 3.05) is 6.54 Å². The van der Waals surface area contributed by atoms with Crippen LogP contribution in [-0.4, -0.2) is 31.1 Å². The van der Waals surface area contributed by atoms with Crippen molar-refractivity contribution in [2.24, 2.45) is 0 Å². The molecule has 5 rings (SSSR count). The first-order valence-electron chi connectivity index (χ1n) is 11.5. The van der Waals surface area contributed by atoms with Gasteiger partial charge in [-0.1, -0.05) is 78.6 Å². The number of carbonyl (C=O) groups excluding carboxylic acids is 1. The van der Waals surface area contributed by atoms with Crippen molar-refractivity contribution in [2.45, 2.75) is 20.3 Å². The minimum absolute atomic E-state index is 0.151. The van der Waals surface area contributed by atoms with Gasteiger partial charge in [-0.15, -0.1) is 0 Å². The second-order valence-corrected chi connectivity index (χ2v) is 10.1. The minimum Gasteiger partial charge on any atom is -0.438 e. The molecule has 0 atom stereocenters. The average molecular weight is 514 g/mol. The molecule has 0 N–H and O–H groups in total. The molecule has 2 aromatic carbocycles. The molecule has 0 bridgehead atoms. The number of pyridine rings is 1. The predicted octanol–water partition coefficient (Wildman–Crippen LogP) is 5.55. The molecule has 180 valence electrons. The summed E-state index contributed by atoms with van der Waals surface area (Å²) in [5.41, 5.74) is 3.24. The molecule has 1 fully saturated rings. The Bertz CT molecular complexity index is 1580. The summed E-state index contributed by atoms with van der Waals surface area (Å²) in [5.74, 6) is 0.516. The summed E-state index contributed by atoms with van der Waals surface area (Å²) < 4.78 is 8.09. The number of carbonyl (C=O) groups is 1. The summed E-state index contributed by atoms with van der Waals surface area (Å²) >= 11 is 6.69. The lowest BCUT2D eigenvalue weighted by atomic mass is 10.1. The maximum Gasteiger partial charge on any atom is 0.269 e. The van der Waals surface area contributed by atoms with Gasteiger partial charge in [-0.05, 0) is 55.2 Å². The zero-order valence-corrected chi connectivity index (χ0v) is 21.4. The normalized spacial score (nSPS) is 14.7. The van der Waals surface area contributed by atoms with E-state index in [2.05, 4.69) is 4.98 Å². The Kier molecular flexibility index (Phi) is 6.71. The fourth-order valence-corrected chi connectivity index (χ4v) is 5.27. The van der Waals surface area contributed by atoms with E-state index < -0.39 is 0 Å². The number of fused-ring (bicyclic) bond motifs is 1. The van der Waals surface area contributed by atoms with Crippen LogP contribution in [0.1, 0.15) is 22.3 Å². The summed E-state index contributed by atoms with van der Waals surface area (Å²) in [6.45, 7) is 4.27. The van der Waals surface area contributed by atoms with E-state index in [1.165, 1.54) is 16.2 Å². The molecule has 2 aromatic heterocycles. The molecular weight excluding hydrogens is 490 g/mol. The van der Waals surface area contributed by atoms with E-state index in [4.69, 9.17) is 17.0 Å². The molecule has 3 heterocycles. The lowest BCUT2D eigenvalue weighted by molar-refractivity contribution is -0.122. The summed E-state index contributed by atoms with van der Waals surface area (Å²) in [7, 11) is 0. The first-order chi connectivity index (χ1) is 17.4. The first-order valence-corrected chi connectivity index (χ1v) is 12.7. The Hall–Kier alpha value is -3.75. The van der Waals surface area contributed by atoms with Gasteiger partial charge in [0.15, 0.2) is 0 Å². The lowest BCUT2D eigenvalue weighted by Gasteiger charge is -2.14. The molecule has 0 aliphatic carbocycles. The SMILES string of the molecule is Cc1ccccc1Oc1nc2c(C)cccn2c(=O)c1/C=C1/SC(=S)N(CCc2ccccc2)C1=O. The molecule has 0 unspecified atom stereocenters. The highest BCUT2D eigenvalue weighted by atomic mass is 32.2. The van der Waals surface area contributed by atoms with Gasteiger partial charge in [0.2, 0.25) is 5.88 Å². The van der Waals surface area contributed by atoms with E-state index in [0.717, 1.165) is 16.7 Å². The molecule has 1 saturated heterocycles. The summed E-state index contributed by atoms with van der Waals surface area (Å²) in [5, 5.41) is 0. The summed E-state index contributed by atoms with van der Waals surface area (Å²) in [4.78, 5) is 33.5. The third kappa shape index (κ3) is 4.69. The van der Waals surface area contributed by atoms with E-state index in [1.807, 2.05) is 74.5 Å². The van der Waals surface area contributed by atoms with E-state index in [0.29, 0.717) is 33.6 Å². The monoisotopic (exact) mass is 513 g/mol. The number of hydrogen-bond acceptors (Lipinski definition) is 6. The highest BCUT2D eigenvalue weighted by Gasteiger charge is 2.32. The highest BCUT2D eigenvalue weighted by molar-refractivity contribution is 8.26. The zero-order valence-electron chi connectivity index (χ0n) is 19.8. The first kappa shape index (κ1) is 24.0. The summed E-state index contributed by atoms with van der Waals surface area (Å²) in [6, 6.07) is 21.1. The Morgan fingerprint density at radius 1 is 0.972 bits per heavy atom. The Morgan fingerprint density at radius 3 is 2.47 bits per heavy atom. The van der Waals surface area contributed by atoms with E-state index in [-0.39, 0.29) is 22.9 Å². The molecule has 8 heteroatoms. The van der Waals surface area contributed by atoms with Crippen LogP contribution >= 0.6 is 24.0 Å². The van der Waals surface area contributed by atoms with Crippen LogP contribution in [0.5, 0.6) is 11.6 Å². The number of thiocarbonyl (C=S) groups is 1. The topological polar surface area (TPSA) is 63.9 Å². The quantitative estimate of drug-likeness (QED) is 0.249. The van der Waals surface area contributed by atoms with E-state index in [1.54, 1.807) is 23.2 Å². The Labute approximate surface area is 218 Å².